The number of aliphatic carboxylic acids is 1. The van der Waals surface area contributed by atoms with Crippen molar-refractivity contribution >= 4 is 5.97 Å². The fourth-order valence-electron chi connectivity index (χ4n) is 4.26. The molecule has 0 saturated carbocycles. The summed E-state index contributed by atoms with van der Waals surface area (Å²) in [6.45, 7) is 8.79. The van der Waals surface area contributed by atoms with Crippen molar-refractivity contribution in [1.29, 1.82) is 0 Å². The maximum absolute atomic E-state index is 10.3. The van der Waals surface area contributed by atoms with Gasteiger partial charge in [0.05, 0.1) is 6.33 Å². The summed E-state index contributed by atoms with van der Waals surface area (Å²) in [5, 5.41) is 8.51. The van der Waals surface area contributed by atoms with Gasteiger partial charge in [0, 0.05) is 24.2 Å². The molecule has 2 rings (SSSR count). The molecule has 0 fully saturated rings. The standard InChI is InChI=1S/C18H34O2.C13H16N2/c1-2-3-4-5-6-7-8-9-10-11-12-13-14-15-16-17-18(19)20;1-9-5-4-6-12(10(9)2)11(3)13-7-14-8-15-13/h9-10H,2-8,11-17H2,1H3,(H,19,20);4-8,11H,1-3H3,(H,14,15)/b10-9-;/t;11-/m.0/s1. The molecule has 0 spiro atoms. The second kappa shape index (κ2) is 19.9. The molecule has 196 valence electrons. The van der Waals surface area contributed by atoms with Crippen LogP contribution in [0.4, 0.5) is 0 Å². The zero-order chi connectivity index (χ0) is 25.7. The van der Waals surface area contributed by atoms with Crippen molar-refractivity contribution < 1.29 is 9.90 Å². The quantitative estimate of drug-likeness (QED) is 0.174. The minimum absolute atomic E-state index is 0.332. The van der Waals surface area contributed by atoms with E-state index < -0.39 is 5.97 Å². The summed E-state index contributed by atoms with van der Waals surface area (Å²) < 4.78 is 0. The van der Waals surface area contributed by atoms with E-state index in [0.717, 1.165) is 12.8 Å². The number of hydrogen-bond donors (Lipinski definition) is 2. The number of allylic oxidation sites excluding steroid dienone is 2. The second-order valence-corrected chi connectivity index (χ2v) is 9.75. The molecule has 0 aliphatic heterocycles. The van der Waals surface area contributed by atoms with Crippen LogP contribution in [0.1, 0.15) is 132 Å². The molecule has 2 aromatic rings. The Morgan fingerprint density at radius 2 is 1.54 bits per heavy atom. The fraction of sp³-hybridized carbons (Fsp3) is 0.613. The third kappa shape index (κ3) is 14.6. The van der Waals surface area contributed by atoms with E-state index in [4.69, 9.17) is 5.11 Å². The van der Waals surface area contributed by atoms with Gasteiger partial charge < -0.3 is 10.1 Å². The van der Waals surface area contributed by atoms with Gasteiger partial charge in [-0.15, -0.1) is 0 Å². The number of carboxylic acids is 1. The van der Waals surface area contributed by atoms with E-state index in [2.05, 4.69) is 68.0 Å². The molecule has 0 bridgehead atoms. The number of carbonyl (C=O) groups is 1. The van der Waals surface area contributed by atoms with Gasteiger partial charge >= 0.3 is 5.97 Å². The first-order valence-electron chi connectivity index (χ1n) is 13.9. The van der Waals surface area contributed by atoms with E-state index in [1.165, 1.54) is 93.0 Å². The molecule has 4 heteroatoms. The zero-order valence-corrected chi connectivity index (χ0v) is 22.8. The Morgan fingerprint density at radius 1 is 0.943 bits per heavy atom. The van der Waals surface area contributed by atoms with Gasteiger partial charge in [0.25, 0.3) is 0 Å². The lowest BCUT2D eigenvalue weighted by Crippen LogP contribution is -2.00. The van der Waals surface area contributed by atoms with Gasteiger partial charge in [-0.1, -0.05) is 95.6 Å². The number of hydrogen-bond acceptors (Lipinski definition) is 2. The fourth-order valence-corrected chi connectivity index (χ4v) is 4.26. The summed E-state index contributed by atoms with van der Waals surface area (Å²) in [6.07, 6.45) is 24.9. The number of aromatic amines is 1. The Labute approximate surface area is 214 Å². The number of nitrogens with zero attached hydrogens (tertiary/aromatic N) is 1. The maximum Gasteiger partial charge on any atom is 0.303 e. The lowest BCUT2D eigenvalue weighted by Gasteiger charge is -2.14. The SMILES string of the molecule is CCCCCCCC/C=C\CCCCCCCC(=O)O.Cc1cccc([C@H](C)c2cnc[nH]2)c1C. The number of unbranched alkanes of at least 4 members (excludes halogenated alkanes) is 11. The molecule has 0 aliphatic rings. The highest BCUT2D eigenvalue weighted by Gasteiger charge is 2.12. The lowest BCUT2D eigenvalue weighted by atomic mass is 9.92. The van der Waals surface area contributed by atoms with Crippen molar-refractivity contribution in [2.75, 3.05) is 0 Å². The normalized spacial score (nSPS) is 11.9. The average Bonchev–Trinajstić information content (AvgIpc) is 3.38. The van der Waals surface area contributed by atoms with Crippen LogP contribution in [0, 0.1) is 13.8 Å². The first-order valence-corrected chi connectivity index (χ1v) is 13.9. The molecule has 1 heterocycles. The Hall–Kier alpha value is -2.36. The number of aryl methyl sites for hydroxylation is 1. The summed E-state index contributed by atoms with van der Waals surface area (Å²) in [5.41, 5.74) is 5.27. The van der Waals surface area contributed by atoms with Crippen molar-refractivity contribution in [3.8, 4) is 0 Å². The minimum Gasteiger partial charge on any atom is -0.481 e. The van der Waals surface area contributed by atoms with Crippen LogP contribution < -0.4 is 0 Å². The average molecular weight is 483 g/mol. The van der Waals surface area contributed by atoms with E-state index in [1.54, 1.807) is 6.33 Å². The Balaban J connectivity index is 0.000000362. The van der Waals surface area contributed by atoms with E-state index in [0.29, 0.717) is 12.3 Å². The predicted octanol–water partition coefficient (Wildman–Crippen LogP) is 9.29. The van der Waals surface area contributed by atoms with Gasteiger partial charge in [-0.25, -0.2) is 4.98 Å². The molecule has 35 heavy (non-hydrogen) atoms. The van der Waals surface area contributed by atoms with Crippen LogP contribution in [0.15, 0.2) is 42.9 Å². The van der Waals surface area contributed by atoms with Gasteiger partial charge in [-0.05, 0) is 62.6 Å². The zero-order valence-electron chi connectivity index (χ0n) is 22.8. The maximum atomic E-state index is 10.3. The predicted molar refractivity (Wildman–Crippen MR) is 149 cm³/mol. The largest absolute Gasteiger partial charge is 0.481 e. The molecular formula is C31H50N2O2. The number of carboxylic acid groups (broad SMARTS) is 1. The third-order valence-electron chi connectivity index (χ3n) is 6.75. The van der Waals surface area contributed by atoms with Crippen LogP contribution in [0.3, 0.4) is 0 Å². The van der Waals surface area contributed by atoms with Crippen molar-refractivity contribution in [1.82, 2.24) is 9.97 Å². The number of benzene rings is 1. The Kier molecular flexibility index (Phi) is 17.4. The van der Waals surface area contributed by atoms with Gasteiger partial charge in [0.2, 0.25) is 0 Å². The first kappa shape index (κ1) is 30.7. The second-order valence-electron chi connectivity index (χ2n) is 9.75. The van der Waals surface area contributed by atoms with Crippen LogP contribution in [0.2, 0.25) is 0 Å². The van der Waals surface area contributed by atoms with Gasteiger partial charge in [0.1, 0.15) is 0 Å². The molecule has 0 amide bonds. The van der Waals surface area contributed by atoms with Crippen LogP contribution in [0.5, 0.6) is 0 Å². The van der Waals surface area contributed by atoms with Crippen LogP contribution in [-0.4, -0.2) is 21.0 Å². The number of aromatic nitrogens is 2. The third-order valence-corrected chi connectivity index (χ3v) is 6.75. The van der Waals surface area contributed by atoms with Crippen LogP contribution in [-0.2, 0) is 4.79 Å². The highest BCUT2D eigenvalue weighted by Crippen LogP contribution is 2.26. The van der Waals surface area contributed by atoms with Gasteiger partial charge in [-0.2, -0.15) is 0 Å². The van der Waals surface area contributed by atoms with Crippen LogP contribution >= 0.6 is 0 Å². The molecule has 0 saturated heterocycles. The molecule has 0 radical (unpaired) electrons. The summed E-state index contributed by atoms with van der Waals surface area (Å²) >= 11 is 0. The van der Waals surface area contributed by atoms with Crippen molar-refractivity contribution in [3.05, 3.63) is 65.3 Å². The summed E-state index contributed by atoms with van der Waals surface area (Å²) in [7, 11) is 0. The first-order chi connectivity index (χ1) is 17.0. The number of nitrogens with one attached hydrogen (secondary N) is 1. The molecule has 4 nitrogen and oxygen atoms in total. The Bertz CT molecular complexity index is 811. The van der Waals surface area contributed by atoms with Crippen molar-refractivity contribution in [3.63, 3.8) is 0 Å². The molecular weight excluding hydrogens is 432 g/mol. The molecule has 0 aliphatic carbocycles. The number of imidazole rings is 1. The monoisotopic (exact) mass is 482 g/mol. The smallest absolute Gasteiger partial charge is 0.303 e. The number of rotatable bonds is 17. The molecule has 2 N–H and O–H groups in total. The highest BCUT2D eigenvalue weighted by molar-refractivity contribution is 5.66. The van der Waals surface area contributed by atoms with Crippen molar-refractivity contribution in [2.24, 2.45) is 0 Å². The molecule has 0 unspecified atom stereocenters. The molecule has 1 aromatic heterocycles. The molecule has 1 atom stereocenters. The van der Waals surface area contributed by atoms with Crippen LogP contribution in [0.25, 0.3) is 0 Å². The summed E-state index contributed by atoms with van der Waals surface area (Å²) in [5.74, 6) is -0.282. The van der Waals surface area contributed by atoms with Crippen molar-refractivity contribution in [2.45, 2.75) is 124 Å². The Morgan fingerprint density at radius 3 is 2.11 bits per heavy atom. The topological polar surface area (TPSA) is 66.0 Å². The van der Waals surface area contributed by atoms with E-state index in [1.807, 2.05) is 6.20 Å². The number of H-pyrrole nitrogens is 1. The summed E-state index contributed by atoms with van der Waals surface area (Å²) in [4.78, 5) is 17.6. The van der Waals surface area contributed by atoms with E-state index in [9.17, 15) is 4.79 Å². The lowest BCUT2D eigenvalue weighted by molar-refractivity contribution is -0.137. The highest BCUT2D eigenvalue weighted by atomic mass is 16.4. The van der Waals surface area contributed by atoms with E-state index >= 15 is 0 Å². The minimum atomic E-state index is -0.664. The van der Waals surface area contributed by atoms with Gasteiger partial charge in [-0.3, -0.25) is 4.79 Å². The van der Waals surface area contributed by atoms with E-state index in [-0.39, 0.29) is 0 Å². The molecule has 1 aromatic carbocycles. The summed E-state index contributed by atoms with van der Waals surface area (Å²) in [6, 6.07) is 6.46. The van der Waals surface area contributed by atoms with Gasteiger partial charge in [0.15, 0.2) is 0 Å².